The number of aryl methyl sites for hydroxylation is 1. The summed E-state index contributed by atoms with van der Waals surface area (Å²) >= 11 is 1.62. The number of benzene rings is 1. The van der Waals surface area contributed by atoms with E-state index in [2.05, 4.69) is 15.3 Å². The molecule has 3 N–H and O–H groups in total. The van der Waals surface area contributed by atoms with Gasteiger partial charge in [0.2, 0.25) is 0 Å². The van der Waals surface area contributed by atoms with Gasteiger partial charge in [-0.05, 0) is 19.1 Å². The molecule has 0 saturated heterocycles. The third-order valence-electron chi connectivity index (χ3n) is 2.44. The van der Waals surface area contributed by atoms with Gasteiger partial charge in [-0.15, -0.1) is 11.3 Å². The number of aromatic nitrogens is 1. The Kier molecular flexibility index (Phi) is 4.35. The van der Waals surface area contributed by atoms with Crippen molar-refractivity contribution in [3.05, 3.63) is 40.3 Å². The molecular weight excluding hydrogens is 260 g/mol. The lowest BCUT2D eigenvalue weighted by Crippen LogP contribution is -2.22. The highest BCUT2D eigenvalue weighted by Gasteiger charge is 2.02. The maximum Gasteiger partial charge on any atom is 0.193 e. The molecule has 19 heavy (non-hydrogen) atoms. The smallest absolute Gasteiger partial charge is 0.193 e. The Morgan fingerprint density at radius 3 is 2.95 bits per heavy atom. The quantitative estimate of drug-likeness (QED) is 0.664. The van der Waals surface area contributed by atoms with Crippen LogP contribution in [0.1, 0.15) is 9.88 Å². The molecule has 0 unspecified atom stereocenters. The normalized spacial score (nSPS) is 11.4. The third-order valence-corrected chi connectivity index (χ3v) is 3.34. The highest BCUT2D eigenvalue weighted by molar-refractivity contribution is 7.11. The van der Waals surface area contributed by atoms with Gasteiger partial charge in [-0.2, -0.15) is 0 Å². The second-order valence-electron chi connectivity index (χ2n) is 3.87. The second kappa shape index (κ2) is 6.19. The third kappa shape index (κ3) is 3.69. The number of nitrogens with zero attached hydrogens (tertiary/aromatic N) is 2. The van der Waals surface area contributed by atoms with Gasteiger partial charge in [0.1, 0.15) is 5.75 Å². The maximum absolute atomic E-state index is 5.85. The summed E-state index contributed by atoms with van der Waals surface area (Å²) in [6.45, 7) is 2.49. The molecule has 2 rings (SSSR count). The molecule has 0 amide bonds. The average molecular weight is 276 g/mol. The molecule has 0 fully saturated rings. The van der Waals surface area contributed by atoms with Crippen molar-refractivity contribution in [1.29, 1.82) is 0 Å². The molecule has 5 nitrogen and oxygen atoms in total. The minimum atomic E-state index is 0.357. The molecule has 0 spiro atoms. The summed E-state index contributed by atoms with van der Waals surface area (Å²) in [5.74, 6) is 1.09. The van der Waals surface area contributed by atoms with E-state index < -0.39 is 0 Å². The standard InChI is InChI=1S/C13H16N4OS/c1-9-15-7-10(19-9)8-16-13(14)17-11-5-3-4-6-12(11)18-2/h3-7H,8H2,1-2H3,(H3,14,16,17). The number of hydrogen-bond acceptors (Lipinski definition) is 4. The van der Waals surface area contributed by atoms with E-state index in [1.807, 2.05) is 37.4 Å². The van der Waals surface area contributed by atoms with Gasteiger partial charge < -0.3 is 15.8 Å². The molecule has 0 atom stereocenters. The van der Waals surface area contributed by atoms with E-state index in [9.17, 15) is 0 Å². The van der Waals surface area contributed by atoms with E-state index in [0.717, 1.165) is 21.3 Å². The van der Waals surface area contributed by atoms with E-state index in [1.54, 1.807) is 18.4 Å². The summed E-state index contributed by atoms with van der Waals surface area (Å²) in [5.41, 5.74) is 6.65. The molecule has 0 radical (unpaired) electrons. The van der Waals surface area contributed by atoms with E-state index in [-0.39, 0.29) is 0 Å². The first-order valence-electron chi connectivity index (χ1n) is 5.80. The van der Waals surface area contributed by atoms with E-state index in [4.69, 9.17) is 10.5 Å². The largest absolute Gasteiger partial charge is 0.495 e. The highest BCUT2D eigenvalue weighted by Crippen LogP contribution is 2.22. The van der Waals surface area contributed by atoms with Crippen LogP contribution in [0.15, 0.2) is 35.5 Å². The number of para-hydroxylation sites is 2. The van der Waals surface area contributed by atoms with Crippen LogP contribution >= 0.6 is 11.3 Å². The Balaban J connectivity index is 2.02. The summed E-state index contributed by atoms with van der Waals surface area (Å²) in [4.78, 5) is 9.54. The number of thiazole rings is 1. The molecule has 0 aliphatic heterocycles. The minimum absolute atomic E-state index is 0.357. The summed E-state index contributed by atoms with van der Waals surface area (Å²) in [5, 5.41) is 4.05. The predicted molar refractivity (Wildman–Crippen MR) is 78.8 cm³/mol. The first kappa shape index (κ1) is 13.4. The maximum atomic E-state index is 5.85. The number of nitrogens with two attached hydrogens (primary N) is 1. The van der Waals surface area contributed by atoms with Gasteiger partial charge in [-0.1, -0.05) is 12.1 Å². The molecule has 1 aromatic heterocycles. The van der Waals surface area contributed by atoms with Gasteiger partial charge in [0.15, 0.2) is 5.96 Å². The Hall–Kier alpha value is -2.08. The molecule has 6 heteroatoms. The first-order chi connectivity index (χ1) is 9.19. The molecule has 1 heterocycles. The monoisotopic (exact) mass is 276 g/mol. The summed E-state index contributed by atoms with van der Waals surface area (Å²) < 4.78 is 5.23. The lowest BCUT2D eigenvalue weighted by atomic mass is 10.3. The van der Waals surface area contributed by atoms with Crippen LogP contribution in [-0.4, -0.2) is 18.1 Å². The van der Waals surface area contributed by atoms with Crippen molar-refractivity contribution in [2.75, 3.05) is 12.4 Å². The Labute approximate surface area is 116 Å². The number of methoxy groups -OCH3 is 1. The topological polar surface area (TPSA) is 72.5 Å². The van der Waals surface area contributed by atoms with Crippen molar-refractivity contribution in [1.82, 2.24) is 4.98 Å². The fourth-order valence-electron chi connectivity index (χ4n) is 1.57. The van der Waals surface area contributed by atoms with E-state index in [0.29, 0.717) is 12.5 Å². The molecular formula is C13H16N4OS. The summed E-state index contributed by atoms with van der Waals surface area (Å²) in [7, 11) is 1.62. The number of anilines is 1. The lowest BCUT2D eigenvalue weighted by molar-refractivity contribution is 0.417. The van der Waals surface area contributed by atoms with Crippen molar-refractivity contribution >= 4 is 23.0 Å². The molecule has 2 aromatic rings. The van der Waals surface area contributed by atoms with Gasteiger partial charge in [-0.3, -0.25) is 0 Å². The molecule has 0 bridgehead atoms. The van der Waals surface area contributed by atoms with Crippen LogP contribution < -0.4 is 15.8 Å². The summed E-state index contributed by atoms with van der Waals surface area (Å²) in [6.07, 6.45) is 1.82. The number of guanidine groups is 1. The van der Waals surface area contributed by atoms with Crippen molar-refractivity contribution < 1.29 is 4.74 Å². The zero-order chi connectivity index (χ0) is 13.7. The van der Waals surface area contributed by atoms with Gasteiger partial charge in [0.25, 0.3) is 0 Å². The number of hydrogen-bond donors (Lipinski definition) is 2. The van der Waals surface area contributed by atoms with Crippen LogP contribution in [0.2, 0.25) is 0 Å². The fourth-order valence-corrected chi connectivity index (χ4v) is 2.29. The van der Waals surface area contributed by atoms with Crippen LogP contribution in [0, 0.1) is 6.92 Å². The van der Waals surface area contributed by atoms with Crippen LogP contribution in [0.3, 0.4) is 0 Å². The second-order valence-corrected chi connectivity index (χ2v) is 5.19. The number of nitrogens with one attached hydrogen (secondary N) is 1. The summed E-state index contributed by atoms with van der Waals surface area (Å²) in [6, 6.07) is 7.56. The Morgan fingerprint density at radius 1 is 1.47 bits per heavy atom. The number of rotatable bonds is 4. The Morgan fingerprint density at radius 2 is 2.26 bits per heavy atom. The molecule has 0 aliphatic carbocycles. The highest BCUT2D eigenvalue weighted by atomic mass is 32.1. The zero-order valence-corrected chi connectivity index (χ0v) is 11.7. The lowest BCUT2D eigenvalue weighted by Gasteiger charge is -2.09. The molecule has 100 valence electrons. The molecule has 1 aromatic carbocycles. The van der Waals surface area contributed by atoms with E-state index in [1.165, 1.54) is 0 Å². The van der Waals surface area contributed by atoms with Crippen molar-refractivity contribution in [3.63, 3.8) is 0 Å². The fraction of sp³-hybridized carbons (Fsp3) is 0.231. The first-order valence-corrected chi connectivity index (χ1v) is 6.62. The van der Waals surface area contributed by atoms with Crippen LogP contribution in [0.5, 0.6) is 5.75 Å². The predicted octanol–water partition coefficient (Wildman–Crippen LogP) is 2.39. The Bertz CT molecular complexity index is 580. The number of ether oxygens (including phenoxy) is 1. The van der Waals surface area contributed by atoms with Crippen molar-refractivity contribution in [3.8, 4) is 5.75 Å². The minimum Gasteiger partial charge on any atom is -0.495 e. The van der Waals surface area contributed by atoms with Crippen LogP contribution in [0.4, 0.5) is 5.69 Å². The number of aliphatic imine (C=N–C) groups is 1. The average Bonchev–Trinajstić information content (AvgIpc) is 2.83. The van der Waals surface area contributed by atoms with Gasteiger partial charge in [0, 0.05) is 11.1 Å². The van der Waals surface area contributed by atoms with Crippen molar-refractivity contribution in [2.24, 2.45) is 10.7 Å². The molecule has 0 aliphatic rings. The van der Waals surface area contributed by atoms with Gasteiger partial charge in [0.05, 0.1) is 24.3 Å². The van der Waals surface area contributed by atoms with Gasteiger partial charge >= 0.3 is 0 Å². The van der Waals surface area contributed by atoms with Crippen LogP contribution in [-0.2, 0) is 6.54 Å². The van der Waals surface area contributed by atoms with Gasteiger partial charge in [-0.25, -0.2) is 9.98 Å². The zero-order valence-electron chi connectivity index (χ0n) is 10.9. The molecule has 0 saturated carbocycles. The van der Waals surface area contributed by atoms with Crippen molar-refractivity contribution in [2.45, 2.75) is 13.5 Å². The van der Waals surface area contributed by atoms with Crippen LogP contribution in [0.25, 0.3) is 0 Å². The SMILES string of the molecule is COc1ccccc1NC(N)=NCc1cnc(C)s1. The van der Waals surface area contributed by atoms with E-state index >= 15 is 0 Å².